The van der Waals surface area contributed by atoms with Gasteiger partial charge < -0.3 is 15.2 Å². The number of allylic oxidation sites excluding steroid dienone is 1. The van der Waals surface area contributed by atoms with E-state index in [1.807, 2.05) is 24.3 Å². The minimum Gasteiger partial charge on any atom is -0.440 e. The van der Waals surface area contributed by atoms with Crippen LogP contribution in [0.2, 0.25) is 0 Å². The summed E-state index contributed by atoms with van der Waals surface area (Å²) in [5, 5.41) is 20.9. The Hall–Kier alpha value is -4.64. The van der Waals surface area contributed by atoms with Gasteiger partial charge in [0.25, 0.3) is 5.69 Å². The third-order valence-electron chi connectivity index (χ3n) is 5.44. The molecule has 33 heavy (non-hydrogen) atoms. The molecule has 0 spiro atoms. The van der Waals surface area contributed by atoms with Crippen LogP contribution in [0.1, 0.15) is 39.9 Å². The zero-order valence-corrected chi connectivity index (χ0v) is 17.6. The summed E-state index contributed by atoms with van der Waals surface area (Å²) in [4.78, 5) is 23.1. The average molecular weight is 441 g/mol. The van der Waals surface area contributed by atoms with Crippen LogP contribution >= 0.6 is 0 Å². The highest BCUT2D eigenvalue weighted by molar-refractivity contribution is 5.95. The molecule has 0 amide bonds. The van der Waals surface area contributed by atoms with Gasteiger partial charge in [-0.1, -0.05) is 49.4 Å². The Kier molecular flexibility index (Phi) is 5.79. The molecule has 4 rings (SSSR count). The molecule has 1 atom stereocenters. The van der Waals surface area contributed by atoms with Gasteiger partial charge in [-0.15, -0.1) is 0 Å². The van der Waals surface area contributed by atoms with Crippen molar-refractivity contribution in [2.45, 2.75) is 19.3 Å². The molecular formula is C25H19N3O5. The number of esters is 1. The van der Waals surface area contributed by atoms with Crippen LogP contribution in [-0.4, -0.2) is 10.9 Å². The third-order valence-corrected chi connectivity index (χ3v) is 5.44. The highest BCUT2D eigenvalue weighted by atomic mass is 16.6. The second-order valence-electron chi connectivity index (χ2n) is 7.38. The molecule has 2 N–H and O–H groups in total. The van der Waals surface area contributed by atoms with E-state index in [1.165, 1.54) is 35.9 Å². The monoisotopic (exact) mass is 441 g/mol. The highest BCUT2D eigenvalue weighted by Gasteiger charge is 2.31. The summed E-state index contributed by atoms with van der Waals surface area (Å²) in [6, 6.07) is 20.3. The second kappa shape index (κ2) is 8.85. The number of nitro groups is 1. The summed E-state index contributed by atoms with van der Waals surface area (Å²) >= 11 is 0. The standard InChI is InChI=1S/C25H19N3O5/c1-2-15-7-9-16(10-8-15)23-19-12-11-17(13-22(19)33-24(27)20(23)14-26)32-25(29)18-5-3-4-6-21(18)28(30)31/h3-13,23H,2,27H2,1H3. The predicted octanol–water partition coefficient (Wildman–Crippen LogP) is 4.59. The fourth-order valence-corrected chi connectivity index (χ4v) is 3.76. The second-order valence-corrected chi connectivity index (χ2v) is 7.38. The Morgan fingerprint density at radius 2 is 1.91 bits per heavy atom. The van der Waals surface area contributed by atoms with Crippen molar-refractivity contribution in [2.75, 3.05) is 0 Å². The Balaban J connectivity index is 1.69. The van der Waals surface area contributed by atoms with E-state index in [0.29, 0.717) is 11.3 Å². The quantitative estimate of drug-likeness (QED) is 0.265. The number of para-hydroxylation sites is 1. The molecule has 0 aromatic heterocycles. The maximum atomic E-state index is 12.6. The summed E-state index contributed by atoms with van der Waals surface area (Å²) < 4.78 is 11.0. The first-order valence-corrected chi connectivity index (χ1v) is 10.2. The molecule has 0 bridgehead atoms. The fourth-order valence-electron chi connectivity index (χ4n) is 3.76. The van der Waals surface area contributed by atoms with E-state index in [-0.39, 0.29) is 28.5 Å². The predicted molar refractivity (Wildman–Crippen MR) is 120 cm³/mol. The first-order chi connectivity index (χ1) is 15.9. The van der Waals surface area contributed by atoms with E-state index in [1.54, 1.807) is 12.1 Å². The molecule has 3 aromatic rings. The van der Waals surface area contributed by atoms with Crippen LogP contribution < -0.4 is 15.2 Å². The summed E-state index contributed by atoms with van der Waals surface area (Å²) in [5.41, 5.74) is 8.54. The van der Waals surface area contributed by atoms with E-state index in [9.17, 15) is 20.2 Å². The fraction of sp³-hybridized carbons (Fsp3) is 0.120. The SMILES string of the molecule is CCc1ccc(C2C(C#N)=C(N)Oc3cc(OC(=O)c4ccccc4[N+](=O)[O-])ccc32)cc1. The molecule has 1 heterocycles. The Labute approximate surface area is 189 Å². The zero-order valence-electron chi connectivity index (χ0n) is 17.6. The number of nitro benzene ring substituents is 1. The molecule has 164 valence electrons. The zero-order chi connectivity index (χ0) is 23.5. The third kappa shape index (κ3) is 4.12. The van der Waals surface area contributed by atoms with Crippen LogP contribution in [-0.2, 0) is 6.42 Å². The number of benzene rings is 3. The normalized spacial score (nSPS) is 14.6. The largest absolute Gasteiger partial charge is 0.440 e. The lowest BCUT2D eigenvalue weighted by molar-refractivity contribution is -0.385. The number of ether oxygens (including phenoxy) is 2. The van der Waals surface area contributed by atoms with Crippen LogP contribution in [0.4, 0.5) is 5.69 Å². The maximum absolute atomic E-state index is 12.6. The molecular weight excluding hydrogens is 422 g/mol. The molecule has 0 aliphatic carbocycles. The lowest BCUT2D eigenvalue weighted by atomic mass is 9.83. The van der Waals surface area contributed by atoms with Gasteiger partial charge in [0.2, 0.25) is 5.88 Å². The molecule has 1 aliphatic heterocycles. The Morgan fingerprint density at radius 1 is 1.18 bits per heavy atom. The molecule has 0 saturated carbocycles. The van der Waals surface area contributed by atoms with Crippen LogP contribution in [0.5, 0.6) is 11.5 Å². The van der Waals surface area contributed by atoms with Gasteiger partial charge in [-0.2, -0.15) is 5.26 Å². The number of hydrogen-bond donors (Lipinski definition) is 1. The van der Waals surface area contributed by atoms with E-state index < -0.39 is 16.8 Å². The highest BCUT2D eigenvalue weighted by Crippen LogP contribution is 2.43. The number of nitriles is 1. The molecule has 0 radical (unpaired) electrons. The van der Waals surface area contributed by atoms with Gasteiger partial charge in [0.1, 0.15) is 28.7 Å². The number of nitrogens with zero attached hydrogens (tertiary/aromatic N) is 2. The molecule has 1 aliphatic rings. The van der Waals surface area contributed by atoms with Crippen molar-refractivity contribution in [2.24, 2.45) is 5.73 Å². The van der Waals surface area contributed by atoms with Crippen molar-refractivity contribution in [3.05, 3.63) is 111 Å². The maximum Gasteiger partial charge on any atom is 0.350 e. The summed E-state index contributed by atoms with van der Waals surface area (Å²) in [6.45, 7) is 2.06. The number of nitrogens with two attached hydrogens (primary N) is 1. The number of rotatable bonds is 5. The minimum absolute atomic E-state index is 0.0308. The van der Waals surface area contributed by atoms with Gasteiger partial charge in [-0.25, -0.2) is 4.79 Å². The van der Waals surface area contributed by atoms with Crippen molar-refractivity contribution in [3.63, 3.8) is 0 Å². The minimum atomic E-state index is -0.869. The van der Waals surface area contributed by atoms with Crippen molar-refractivity contribution in [1.29, 1.82) is 5.26 Å². The number of carbonyl (C=O) groups excluding carboxylic acids is 1. The smallest absolute Gasteiger partial charge is 0.350 e. The summed E-state index contributed by atoms with van der Waals surface area (Å²) in [5.74, 6) is -0.874. The van der Waals surface area contributed by atoms with Crippen LogP contribution in [0.25, 0.3) is 0 Å². The molecule has 0 saturated heterocycles. The molecule has 0 fully saturated rings. The number of carbonyl (C=O) groups is 1. The van der Waals surface area contributed by atoms with E-state index in [2.05, 4.69) is 13.0 Å². The van der Waals surface area contributed by atoms with Crippen LogP contribution in [0.3, 0.4) is 0 Å². The van der Waals surface area contributed by atoms with Crippen molar-refractivity contribution in [3.8, 4) is 17.6 Å². The Bertz CT molecular complexity index is 1320. The van der Waals surface area contributed by atoms with Crippen LogP contribution in [0.15, 0.2) is 78.2 Å². The summed E-state index contributed by atoms with van der Waals surface area (Å²) in [7, 11) is 0. The van der Waals surface area contributed by atoms with Crippen molar-refractivity contribution in [1.82, 2.24) is 0 Å². The summed E-state index contributed by atoms with van der Waals surface area (Å²) in [6.07, 6.45) is 0.891. The first-order valence-electron chi connectivity index (χ1n) is 10.2. The van der Waals surface area contributed by atoms with Gasteiger partial charge >= 0.3 is 5.97 Å². The number of hydrogen-bond acceptors (Lipinski definition) is 7. The Morgan fingerprint density at radius 3 is 2.58 bits per heavy atom. The van der Waals surface area contributed by atoms with Gasteiger partial charge in [0, 0.05) is 17.7 Å². The van der Waals surface area contributed by atoms with E-state index in [4.69, 9.17) is 15.2 Å². The van der Waals surface area contributed by atoms with Gasteiger partial charge in [0.15, 0.2) is 0 Å². The lowest BCUT2D eigenvalue weighted by Crippen LogP contribution is -2.21. The van der Waals surface area contributed by atoms with E-state index >= 15 is 0 Å². The number of aryl methyl sites for hydroxylation is 1. The average Bonchev–Trinajstić information content (AvgIpc) is 2.83. The van der Waals surface area contributed by atoms with Crippen molar-refractivity contribution < 1.29 is 19.2 Å². The first kappa shape index (κ1) is 21.6. The number of fused-ring (bicyclic) bond motifs is 1. The van der Waals surface area contributed by atoms with E-state index in [0.717, 1.165) is 12.0 Å². The molecule has 8 nitrogen and oxygen atoms in total. The molecule has 8 heteroatoms. The molecule has 3 aromatic carbocycles. The topological polar surface area (TPSA) is 128 Å². The van der Waals surface area contributed by atoms with Crippen LogP contribution in [0, 0.1) is 21.4 Å². The van der Waals surface area contributed by atoms with Gasteiger partial charge in [0.05, 0.1) is 10.8 Å². The van der Waals surface area contributed by atoms with Crippen molar-refractivity contribution >= 4 is 11.7 Å². The molecule has 1 unspecified atom stereocenters. The lowest BCUT2D eigenvalue weighted by Gasteiger charge is -2.26. The van der Waals surface area contributed by atoms with Gasteiger partial charge in [-0.3, -0.25) is 10.1 Å². The van der Waals surface area contributed by atoms with Gasteiger partial charge in [-0.05, 0) is 29.7 Å².